The van der Waals surface area contributed by atoms with Gasteiger partial charge in [-0.15, -0.1) is 13.2 Å². The van der Waals surface area contributed by atoms with Crippen molar-refractivity contribution in [3.8, 4) is 16.9 Å². The fourth-order valence-electron chi connectivity index (χ4n) is 2.27. The van der Waals surface area contributed by atoms with Crippen LogP contribution in [0.1, 0.15) is 20.7 Å². The quantitative estimate of drug-likeness (QED) is 0.582. The van der Waals surface area contributed by atoms with Gasteiger partial charge < -0.3 is 25.7 Å². The molecule has 144 valence electrons. The summed E-state index contributed by atoms with van der Waals surface area (Å²) >= 11 is 0. The molecule has 13 heteroatoms. The first kappa shape index (κ1) is 19.7. The predicted octanol–water partition coefficient (Wildman–Crippen LogP) is 2.20. The summed E-state index contributed by atoms with van der Waals surface area (Å²) in [4.78, 5) is 36.3. The summed E-state index contributed by atoms with van der Waals surface area (Å²) in [7, 11) is 0. The highest BCUT2D eigenvalue weighted by Crippen LogP contribution is 2.40. The van der Waals surface area contributed by atoms with Crippen LogP contribution in [-0.2, 0) is 0 Å². The molecular weight excluding hydrogens is 387 g/mol. The van der Waals surface area contributed by atoms with Crippen molar-refractivity contribution in [3.63, 3.8) is 0 Å². The number of H-pyrrole nitrogens is 1. The normalized spacial score (nSPS) is 11.3. The van der Waals surface area contributed by atoms with E-state index in [1.165, 1.54) is 0 Å². The summed E-state index contributed by atoms with van der Waals surface area (Å²) in [6.07, 6.45) is -5.43. The number of rotatable bonds is 4. The van der Waals surface area contributed by atoms with Gasteiger partial charge in [0.05, 0.1) is 5.56 Å². The second kappa shape index (κ2) is 6.59. The van der Waals surface area contributed by atoms with Gasteiger partial charge >= 0.3 is 18.3 Å². The number of halogens is 5. The Hall–Kier alpha value is -3.64. The van der Waals surface area contributed by atoms with E-state index in [0.29, 0.717) is 0 Å². The smallest absolute Gasteiger partial charge is 0.478 e. The van der Waals surface area contributed by atoms with E-state index in [-0.39, 0.29) is 12.1 Å². The molecule has 0 bridgehead atoms. The molecule has 0 radical (unpaired) electrons. The third-order valence-corrected chi connectivity index (χ3v) is 3.20. The van der Waals surface area contributed by atoms with Gasteiger partial charge in [-0.25, -0.2) is 18.4 Å². The van der Waals surface area contributed by atoms with Crippen molar-refractivity contribution in [2.75, 3.05) is 5.73 Å². The third-order valence-electron chi connectivity index (χ3n) is 3.20. The molecule has 0 aliphatic carbocycles. The lowest BCUT2D eigenvalue weighted by atomic mass is 9.94. The Bertz CT molecular complexity index is 1010. The number of nitrogens with one attached hydrogen (secondary N) is 1. The Morgan fingerprint density at radius 3 is 2.07 bits per heavy atom. The highest BCUT2D eigenvalue weighted by Gasteiger charge is 2.36. The Kier molecular flexibility index (Phi) is 4.80. The lowest BCUT2D eigenvalue weighted by Crippen LogP contribution is -2.25. The molecule has 27 heavy (non-hydrogen) atoms. The van der Waals surface area contributed by atoms with Crippen molar-refractivity contribution in [3.05, 3.63) is 45.2 Å². The number of nitrogen functional groups attached to an aromatic ring is 1. The molecule has 0 aliphatic heterocycles. The maximum absolute atomic E-state index is 14.3. The Morgan fingerprint density at radius 2 is 1.59 bits per heavy atom. The van der Waals surface area contributed by atoms with Crippen LogP contribution in [0.3, 0.4) is 0 Å². The zero-order valence-electron chi connectivity index (χ0n) is 12.6. The summed E-state index contributed by atoms with van der Waals surface area (Å²) in [5.74, 6) is -10.5. The number of aromatic amines is 1. The molecule has 0 fully saturated rings. The van der Waals surface area contributed by atoms with Crippen molar-refractivity contribution in [2.45, 2.75) is 6.36 Å². The fourth-order valence-corrected chi connectivity index (χ4v) is 2.27. The van der Waals surface area contributed by atoms with Crippen LogP contribution >= 0.6 is 0 Å². The zero-order chi connectivity index (χ0) is 20.7. The highest BCUT2D eigenvalue weighted by atomic mass is 19.4. The van der Waals surface area contributed by atoms with Gasteiger partial charge in [0.25, 0.3) is 5.56 Å². The number of anilines is 1. The van der Waals surface area contributed by atoms with Crippen LogP contribution in [0.5, 0.6) is 5.75 Å². The predicted molar refractivity (Wildman–Crippen MR) is 77.4 cm³/mol. The summed E-state index contributed by atoms with van der Waals surface area (Å²) in [6.45, 7) is 0. The summed E-state index contributed by atoms with van der Waals surface area (Å²) in [5.41, 5.74) is -1.93. The Morgan fingerprint density at radius 1 is 1.04 bits per heavy atom. The number of nitrogens with two attached hydrogens (primary N) is 1. The van der Waals surface area contributed by atoms with Crippen molar-refractivity contribution < 1.29 is 46.5 Å². The number of carbonyl (C=O) groups is 2. The number of aromatic carboxylic acids is 2. The standard InChI is InChI=1S/C14H7F5N2O6/c15-3-1-2-4(27-14(17,18)19)5(9(3)16)6-7(12(23)24)10(20)21-11(22)8(6)13(25)26/h1-2H,(H,23,24)(H,25,26)(H3,20,21,22). The molecule has 0 unspecified atom stereocenters. The summed E-state index contributed by atoms with van der Waals surface area (Å²) in [5, 5.41) is 18.4. The van der Waals surface area contributed by atoms with Crippen LogP contribution in [-0.4, -0.2) is 33.5 Å². The molecule has 1 aromatic carbocycles. The first-order valence-electron chi connectivity index (χ1n) is 6.61. The second-order valence-corrected chi connectivity index (χ2v) is 4.89. The number of pyridine rings is 1. The average molecular weight is 394 g/mol. The summed E-state index contributed by atoms with van der Waals surface area (Å²) in [6, 6.07) is 0.521. The van der Waals surface area contributed by atoms with E-state index in [0.717, 1.165) is 0 Å². The van der Waals surface area contributed by atoms with Gasteiger partial charge in [0.2, 0.25) is 0 Å². The molecule has 2 aromatic rings. The maximum Gasteiger partial charge on any atom is 0.573 e. The molecular formula is C14H7F5N2O6. The van der Waals surface area contributed by atoms with Crippen LogP contribution in [0.4, 0.5) is 27.8 Å². The number of hydrogen-bond donors (Lipinski definition) is 4. The van der Waals surface area contributed by atoms with E-state index >= 15 is 0 Å². The van der Waals surface area contributed by atoms with Crippen molar-refractivity contribution in [1.29, 1.82) is 0 Å². The topological polar surface area (TPSA) is 143 Å². The lowest BCUT2D eigenvalue weighted by Gasteiger charge is -2.17. The van der Waals surface area contributed by atoms with Gasteiger partial charge in [-0.1, -0.05) is 0 Å². The molecule has 0 saturated heterocycles. The van der Waals surface area contributed by atoms with E-state index in [1.807, 2.05) is 0 Å². The molecule has 0 saturated carbocycles. The monoisotopic (exact) mass is 394 g/mol. The lowest BCUT2D eigenvalue weighted by molar-refractivity contribution is -0.274. The highest BCUT2D eigenvalue weighted by molar-refractivity contribution is 6.08. The van der Waals surface area contributed by atoms with Gasteiger partial charge in [0.1, 0.15) is 22.7 Å². The molecule has 0 atom stereocenters. The van der Waals surface area contributed by atoms with E-state index in [4.69, 9.17) is 10.8 Å². The minimum Gasteiger partial charge on any atom is -0.478 e. The van der Waals surface area contributed by atoms with Crippen LogP contribution < -0.4 is 16.0 Å². The largest absolute Gasteiger partial charge is 0.573 e. The number of benzene rings is 1. The molecule has 0 spiro atoms. The van der Waals surface area contributed by atoms with Gasteiger partial charge in [-0.3, -0.25) is 4.79 Å². The molecule has 0 amide bonds. The maximum atomic E-state index is 14.3. The SMILES string of the molecule is Nc1[nH]c(=O)c(C(=O)O)c(-c2c(OC(F)(F)F)ccc(F)c2F)c1C(=O)O. The van der Waals surface area contributed by atoms with Crippen LogP contribution in [0.2, 0.25) is 0 Å². The van der Waals surface area contributed by atoms with Crippen molar-refractivity contribution in [2.24, 2.45) is 0 Å². The van der Waals surface area contributed by atoms with Gasteiger partial charge in [-0.05, 0) is 12.1 Å². The van der Waals surface area contributed by atoms with Gasteiger partial charge in [-0.2, -0.15) is 0 Å². The van der Waals surface area contributed by atoms with E-state index in [2.05, 4.69) is 4.74 Å². The minimum absolute atomic E-state index is 0.233. The Labute approximate surface area is 144 Å². The fraction of sp³-hybridized carbons (Fsp3) is 0.0714. The molecule has 8 nitrogen and oxygen atoms in total. The molecule has 5 N–H and O–H groups in total. The molecule has 1 aromatic heterocycles. The number of ether oxygens (including phenoxy) is 1. The number of carboxylic acid groups (broad SMARTS) is 2. The number of carboxylic acids is 2. The molecule has 1 heterocycles. The average Bonchev–Trinajstić information content (AvgIpc) is 2.48. The number of aromatic nitrogens is 1. The van der Waals surface area contributed by atoms with Gasteiger partial charge in [0, 0.05) is 5.56 Å². The van der Waals surface area contributed by atoms with E-state index in [9.17, 15) is 41.4 Å². The molecule has 2 rings (SSSR count). The van der Waals surface area contributed by atoms with Crippen molar-refractivity contribution in [1.82, 2.24) is 4.98 Å². The summed E-state index contributed by atoms with van der Waals surface area (Å²) < 4.78 is 69.2. The Balaban J connectivity index is 3.10. The van der Waals surface area contributed by atoms with Crippen LogP contribution in [0.25, 0.3) is 11.1 Å². The van der Waals surface area contributed by atoms with E-state index < -0.39 is 69.3 Å². The van der Waals surface area contributed by atoms with Crippen molar-refractivity contribution >= 4 is 17.8 Å². The third kappa shape index (κ3) is 3.65. The first-order chi connectivity index (χ1) is 12.3. The molecule has 0 aliphatic rings. The van der Waals surface area contributed by atoms with Gasteiger partial charge in [0.15, 0.2) is 11.6 Å². The van der Waals surface area contributed by atoms with E-state index in [1.54, 1.807) is 4.98 Å². The zero-order valence-corrected chi connectivity index (χ0v) is 12.6. The first-order valence-corrected chi connectivity index (χ1v) is 6.61. The second-order valence-electron chi connectivity index (χ2n) is 4.89. The number of hydrogen-bond acceptors (Lipinski definition) is 5. The minimum atomic E-state index is -5.43. The number of alkyl halides is 3. The van der Waals surface area contributed by atoms with Crippen LogP contribution in [0.15, 0.2) is 16.9 Å². The van der Waals surface area contributed by atoms with Crippen LogP contribution in [0, 0.1) is 11.6 Å².